The van der Waals surface area contributed by atoms with Gasteiger partial charge in [-0.05, 0) is 60.0 Å². The van der Waals surface area contributed by atoms with Gasteiger partial charge in [0.05, 0.1) is 16.7 Å². The summed E-state index contributed by atoms with van der Waals surface area (Å²) in [5, 5.41) is 0. The van der Waals surface area contributed by atoms with E-state index in [1.54, 1.807) is 0 Å². The molecule has 0 aliphatic rings. The Bertz CT molecular complexity index is 851. The van der Waals surface area contributed by atoms with Crippen molar-refractivity contribution in [3.8, 4) is 0 Å². The standard InChI is InChI=1S/C19H17F9N2/c20-17(21,22)13-1-2-16(12(6-13)9-30)11(8-29)3-10-4-14(18(23,24)25)7-15(5-10)19(26,27)28/h1-2,4-7,11H,3,8-9,29-30H2. The minimum absolute atomic E-state index is 0.00435. The van der Waals surface area contributed by atoms with Gasteiger partial charge in [-0.15, -0.1) is 0 Å². The highest BCUT2D eigenvalue weighted by molar-refractivity contribution is 5.39. The molecule has 2 aromatic rings. The fraction of sp³-hybridized carbons (Fsp3) is 0.368. The lowest BCUT2D eigenvalue weighted by Crippen LogP contribution is -2.20. The lowest BCUT2D eigenvalue weighted by atomic mass is 9.87. The van der Waals surface area contributed by atoms with Gasteiger partial charge in [0.1, 0.15) is 0 Å². The van der Waals surface area contributed by atoms with E-state index in [0.717, 1.165) is 18.2 Å². The number of halogens is 9. The molecule has 0 fully saturated rings. The van der Waals surface area contributed by atoms with Crippen molar-refractivity contribution in [1.82, 2.24) is 0 Å². The second-order valence-electron chi connectivity index (χ2n) is 6.67. The third-order valence-corrected chi connectivity index (χ3v) is 4.54. The van der Waals surface area contributed by atoms with Crippen LogP contribution in [0.5, 0.6) is 0 Å². The minimum atomic E-state index is -5.01. The molecule has 0 saturated carbocycles. The number of benzene rings is 2. The van der Waals surface area contributed by atoms with Gasteiger partial charge in [0.2, 0.25) is 0 Å². The van der Waals surface area contributed by atoms with Crippen LogP contribution < -0.4 is 11.5 Å². The summed E-state index contributed by atoms with van der Waals surface area (Å²) >= 11 is 0. The number of rotatable bonds is 5. The van der Waals surface area contributed by atoms with Crippen molar-refractivity contribution >= 4 is 0 Å². The number of hydrogen-bond acceptors (Lipinski definition) is 2. The van der Waals surface area contributed by atoms with Crippen LogP contribution in [0.1, 0.15) is 39.3 Å². The number of nitrogens with two attached hydrogens (primary N) is 2. The van der Waals surface area contributed by atoms with E-state index < -0.39 is 41.1 Å². The van der Waals surface area contributed by atoms with E-state index in [0.29, 0.717) is 12.1 Å². The third-order valence-electron chi connectivity index (χ3n) is 4.54. The van der Waals surface area contributed by atoms with Crippen molar-refractivity contribution in [3.63, 3.8) is 0 Å². The van der Waals surface area contributed by atoms with Gasteiger partial charge < -0.3 is 11.5 Å². The van der Waals surface area contributed by atoms with E-state index in [4.69, 9.17) is 11.5 Å². The molecule has 2 nitrogen and oxygen atoms in total. The topological polar surface area (TPSA) is 52.0 Å². The smallest absolute Gasteiger partial charge is 0.330 e. The van der Waals surface area contributed by atoms with Crippen molar-refractivity contribution in [3.05, 3.63) is 69.8 Å². The van der Waals surface area contributed by atoms with E-state index in [1.165, 1.54) is 0 Å². The monoisotopic (exact) mass is 444 g/mol. The summed E-state index contributed by atoms with van der Waals surface area (Å²) in [6.45, 7) is -0.540. The molecule has 4 N–H and O–H groups in total. The summed E-state index contributed by atoms with van der Waals surface area (Å²) in [4.78, 5) is 0. The maximum Gasteiger partial charge on any atom is 0.416 e. The van der Waals surface area contributed by atoms with Gasteiger partial charge >= 0.3 is 18.5 Å². The fourth-order valence-electron chi connectivity index (χ4n) is 3.10. The zero-order valence-corrected chi connectivity index (χ0v) is 15.2. The molecule has 166 valence electrons. The average molecular weight is 444 g/mol. The minimum Gasteiger partial charge on any atom is -0.330 e. The summed E-state index contributed by atoms with van der Waals surface area (Å²) in [6, 6.07) is 3.81. The van der Waals surface area contributed by atoms with Crippen LogP contribution in [-0.2, 0) is 31.5 Å². The first-order chi connectivity index (χ1) is 13.7. The molecule has 0 bridgehead atoms. The summed E-state index contributed by atoms with van der Waals surface area (Å²) < 4.78 is 117. The van der Waals surface area contributed by atoms with Gasteiger partial charge in [-0.1, -0.05) is 6.07 Å². The van der Waals surface area contributed by atoms with Gasteiger partial charge in [-0.25, -0.2) is 0 Å². The Morgan fingerprint density at radius 3 is 1.57 bits per heavy atom. The molecule has 1 unspecified atom stereocenters. The van der Waals surface area contributed by atoms with Gasteiger partial charge in [-0.2, -0.15) is 39.5 Å². The van der Waals surface area contributed by atoms with Crippen LogP contribution in [0, 0.1) is 0 Å². The van der Waals surface area contributed by atoms with Gasteiger partial charge in [0, 0.05) is 12.5 Å². The van der Waals surface area contributed by atoms with Crippen LogP contribution in [0.4, 0.5) is 39.5 Å². The first kappa shape index (κ1) is 24.0. The molecule has 0 amide bonds. The van der Waals surface area contributed by atoms with Crippen molar-refractivity contribution in [1.29, 1.82) is 0 Å². The lowest BCUT2D eigenvalue weighted by Gasteiger charge is -2.21. The largest absolute Gasteiger partial charge is 0.416 e. The molecule has 2 rings (SSSR count). The summed E-state index contributed by atoms with van der Waals surface area (Å²) in [7, 11) is 0. The van der Waals surface area contributed by atoms with E-state index >= 15 is 0 Å². The molecule has 1 atom stereocenters. The highest BCUT2D eigenvalue weighted by Gasteiger charge is 2.37. The van der Waals surface area contributed by atoms with Gasteiger partial charge in [0.15, 0.2) is 0 Å². The Morgan fingerprint density at radius 2 is 1.17 bits per heavy atom. The third kappa shape index (κ3) is 5.66. The Kier molecular flexibility index (Phi) is 6.77. The van der Waals surface area contributed by atoms with Crippen molar-refractivity contribution < 1.29 is 39.5 Å². The second-order valence-corrected chi connectivity index (χ2v) is 6.67. The molecule has 0 aliphatic heterocycles. The lowest BCUT2D eigenvalue weighted by molar-refractivity contribution is -0.143. The molecule has 30 heavy (non-hydrogen) atoms. The SMILES string of the molecule is NCc1cc(C(F)(F)F)ccc1C(CN)Cc1cc(C(F)(F)F)cc(C(F)(F)F)c1. The van der Waals surface area contributed by atoms with Crippen LogP contribution in [0.25, 0.3) is 0 Å². The first-order valence-electron chi connectivity index (χ1n) is 8.55. The molecule has 2 aromatic carbocycles. The molecule has 11 heteroatoms. The maximum atomic E-state index is 13.0. The fourth-order valence-corrected chi connectivity index (χ4v) is 3.10. The first-order valence-corrected chi connectivity index (χ1v) is 8.55. The van der Waals surface area contributed by atoms with E-state index in [9.17, 15) is 39.5 Å². The summed E-state index contributed by atoms with van der Waals surface area (Å²) in [5.74, 6) is -0.838. The van der Waals surface area contributed by atoms with Crippen LogP contribution >= 0.6 is 0 Å². The molecule has 0 spiro atoms. The second kappa shape index (κ2) is 8.46. The van der Waals surface area contributed by atoms with E-state index in [2.05, 4.69) is 0 Å². The average Bonchev–Trinajstić information content (AvgIpc) is 2.63. The summed E-state index contributed by atoms with van der Waals surface area (Å²) in [6.07, 6.45) is -15.0. The van der Waals surface area contributed by atoms with Crippen LogP contribution in [0.2, 0.25) is 0 Å². The van der Waals surface area contributed by atoms with Crippen LogP contribution in [0.3, 0.4) is 0 Å². The Labute approximate surface area is 165 Å². The highest BCUT2D eigenvalue weighted by Crippen LogP contribution is 2.38. The van der Waals surface area contributed by atoms with Crippen LogP contribution in [0.15, 0.2) is 36.4 Å². The maximum absolute atomic E-state index is 13.0. The van der Waals surface area contributed by atoms with Crippen molar-refractivity contribution in [2.45, 2.75) is 37.4 Å². The summed E-state index contributed by atoms with van der Waals surface area (Å²) in [5.41, 5.74) is 7.22. The van der Waals surface area contributed by atoms with Gasteiger partial charge in [-0.3, -0.25) is 0 Å². The Balaban J connectivity index is 2.50. The molecule has 0 aliphatic carbocycles. The zero-order valence-electron chi connectivity index (χ0n) is 15.2. The predicted molar refractivity (Wildman–Crippen MR) is 91.3 cm³/mol. The predicted octanol–water partition coefficient (Wildman–Crippen LogP) is 5.49. The van der Waals surface area contributed by atoms with Gasteiger partial charge in [0.25, 0.3) is 0 Å². The molecule has 0 saturated heterocycles. The molecule has 0 radical (unpaired) electrons. The Hall–Kier alpha value is -2.27. The quantitative estimate of drug-likeness (QED) is 0.600. The molecular weight excluding hydrogens is 427 g/mol. The van der Waals surface area contributed by atoms with E-state index in [-0.39, 0.29) is 42.3 Å². The number of alkyl halides is 9. The zero-order chi connectivity index (χ0) is 22.9. The van der Waals surface area contributed by atoms with Crippen molar-refractivity contribution in [2.24, 2.45) is 11.5 Å². The van der Waals surface area contributed by atoms with E-state index in [1.807, 2.05) is 0 Å². The number of hydrogen-bond donors (Lipinski definition) is 2. The van der Waals surface area contributed by atoms with Crippen molar-refractivity contribution in [2.75, 3.05) is 6.54 Å². The van der Waals surface area contributed by atoms with Crippen LogP contribution in [-0.4, -0.2) is 6.54 Å². The molecule has 0 aromatic heterocycles. The Morgan fingerprint density at radius 1 is 0.667 bits per heavy atom. The normalized spacial score (nSPS) is 14.1. The molecule has 0 heterocycles. The molecular formula is C19H17F9N2. The highest BCUT2D eigenvalue weighted by atomic mass is 19.4.